The summed E-state index contributed by atoms with van der Waals surface area (Å²) >= 11 is 0. The second kappa shape index (κ2) is 11.9. The molecule has 2 atom stereocenters. The number of aliphatic hydroxyl groups is 1. The molecule has 0 aliphatic carbocycles. The van der Waals surface area contributed by atoms with Crippen molar-refractivity contribution in [3.05, 3.63) is 0 Å². The molecule has 0 aromatic rings. The van der Waals surface area contributed by atoms with Crippen molar-refractivity contribution in [2.45, 2.75) is 72.0 Å². The maximum atomic E-state index is 12.9. The zero-order valence-electron chi connectivity index (χ0n) is 15.5. The van der Waals surface area contributed by atoms with Gasteiger partial charge in [0.2, 0.25) is 7.37 Å². The third-order valence-corrected chi connectivity index (χ3v) is 5.79. The van der Waals surface area contributed by atoms with Gasteiger partial charge in [0.05, 0.1) is 18.4 Å². The number of amides is 1. The first-order chi connectivity index (χ1) is 10.4. The summed E-state index contributed by atoms with van der Waals surface area (Å²) in [4.78, 5) is 11.7. The van der Waals surface area contributed by atoms with Gasteiger partial charge in [-0.05, 0) is 40.5 Å². The first kappa shape index (κ1) is 26.6. The van der Waals surface area contributed by atoms with E-state index in [0.717, 1.165) is 19.3 Å². The van der Waals surface area contributed by atoms with Gasteiger partial charge in [-0.2, -0.15) is 0 Å². The summed E-state index contributed by atoms with van der Waals surface area (Å²) < 4.78 is 23.6. The van der Waals surface area contributed by atoms with E-state index in [9.17, 15) is 14.5 Å². The number of alkyl carbamates (subject to hydrolysis) is 1. The fourth-order valence-corrected chi connectivity index (χ4v) is 4.84. The SMILES string of the molecule is CCCCP(=O)(CC(C)(O)CNC(=O)OC(C)(C)C)OCCC.[NaH]. The Hall–Kier alpha value is 0.420. The molecule has 24 heavy (non-hydrogen) atoms. The molecule has 0 heterocycles. The van der Waals surface area contributed by atoms with E-state index in [1.165, 1.54) is 0 Å². The molecule has 0 saturated heterocycles. The van der Waals surface area contributed by atoms with Crippen LogP contribution in [-0.4, -0.2) is 77.4 Å². The van der Waals surface area contributed by atoms with Crippen molar-refractivity contribution in [1.82, 2.24) is 5.32 Å². The molecule has 0 fully saturated rings. The van der Waals surface area contributed by atoms with Crippen LogP contribution in [0.15, 0.2) is 0 Å². The van der Waals surface area contributed by atoms with Crippen molar-refractivity contribution in [3.63, 3.8) is 0 Å². The van der Waals surface area contributed by atoms with E-state index in [1.54, 1.807) is 27.7 Å². The second-order valence-electron chi connectivity index (χ2n) is 7.24. The molecule has 2 unspecified atom stereocenters. The summed E-state index contributed by atoms with van der Waals surface area (Å²) in [6, 6.07) is 0. The van der Waals surface area contributed by atoms with E-state index < -0.39 is 24.7 Å². The molecule has 0 aromatic heterocycles. The van der Waals surface area contributed by atoms with Crippen LogP contribution in [0.3, 0.4) is 0 Å². The Morgan fingerprint density at radius 2 is 1.75 bits per heavy atom. The molecule has 1 amide bonds. The molecule has 0 rings (SSSR count). The Bertz CT molecular complexity index is 398. The van der Waals surface area contributed by atoms with Crippen LogP contribution in [0, 0.1) is 0 Å². The normalized spacial score (nSPS) is 16.5. The van der Waals surface area contributed by atoms with Crippen molar-refractivity contribution in [2.75, 3.05) is 25.5 Å². The van der Waals surface area contributed by atoms with Crippen LogP contribution in [0.25, 0.3) is 0 Å². The molecule has 140 valence electrons. The number of rotatable bonds is 10. The first-order valence-electron chi connectivity index (χ1n) is 8.35. The Kier molecular flexibility index (Phi) is 13.2. The van der Waals surface area contributed by atoms with Gasteiger partial charge in [-0.1, -0.05) is 20.3 Å². The minimum absolute atomic E-state index is 0. The van der Waals surface area contributed by atoms with E-state index >= 15 is 0 Å². The summed E-state index contributed by atoms with van der Waals surface area (Å²) in [5.74, 6) is 0. The van der Waals surface area contributed by atoms with Crippen molar-refractivity contribution in [1.29, 1.82) is 0 Å². The predicted octanol–water partition coefficient (Wildman–Crippen LogP) is 3.12. The van der Waals surface area contributed by atoms with Gasteiger partial charge in [-0.25, -0.2) is 4.79 Å². The second-order valence-corrected chi connectivity index (χ2v) is 9.89. The maximum absolute atomic E-state index is 12.9. The van der Waals surface area contributed by atoms with Gasteiger partial charge in [0.25, 0.3) is 0 Å². The molecule has 0 saturated carbocycles. The van der Waals surface area contributed by atoms with E-state index in [0.29, 0.717) is 12.8 Å². The number of ether oxygens (including phenoxy) is 1. The third-order valence-electron chi connectivity index (χ3n) is 2.98. The molecule has 2 N–H and O–H groups in total. The Balaban J connectivity index is 0. The minimum atomic E-state index is -2.92. The zero-order chi connectivity index (χ0) is 18.1. The molecule has 0 bridgehead atoms. The van der Waals surface area contributed by atoms with Crippen LogP contribution in [0.5, 0.6) is 0 Å². The molecule has 8 heteroatoms. The number of unbranched alkanes of at least 4 members (excludes halogenated alkanes) is 1. The Labute approximate surface area is 169 Å². The molecule has 0 aromatic carbocycles. The molecule has 0 aliphatic rings. The van der Waals surface area contributed by atoms with Crippen LogP contribution in [0.1, 0.15) is 60.8 Å². The summed E-state index contributed by atoms with van der Waals surface area (Å²) in [6.07, 6.45) is 2.35. The van der Waals surface area contributed by atoms with Crippen molar-refractivity contribution in [3.8, 4) is 0 Å². The molecule has 0 spiro atoms. The molecule has 0 aliphatic heterocycles. The Morgan fingerprint density at radius 1 is 1.17 bits per heavy atom. The van der Waals surface area contributed by atoms with E-state index in [2.05, 4.69) is 5.32 Å². The van der Waals surface area contributed by atoms with E-state index in [-0.39, 0.29) is 42.3 Å². The summed E-state index contributed by atoms with van der Waals surface area (Å²) in [5, 5.41) is 13.0. The van der Waals surface area contributed by atoms with Gasteiger partial charge in [-0.15, -0.1) is 0 Å². The number of hydrogen-bond donors (Lipinski definition) is 2. The number of nitrogens with one attached hydrogen (secondary N) is 1. The van der Waals surface area contributed by atoms with Crippen LogP contribution in [0.4, 0.5) is 4.79 Å². The summed E-state index contributed by atoms with van der Waals surface area (Å²) in [6.45, 7) is 11.2. The van der Waals surface area contributed by atoms with E-state index in [1.807, 2.05) is 13.8 Å². The summed E-state index contributed by atoms with van der Waals surface area (Å²) in [5.41, 5.74) is -1.91. The van der Waals surface area contributed by atoms with E-state index in [4.69, 9.17) is 9.26 Å². The third kappa shape index (κ3) is 13.7. The van der Waals surface area contributed by atoms with Gasteiger partial charge < -0.3 is 19.7 Å². The first-order valence-corrected chi connectivity index (χ1v) is 10.3. The average molecular weight is 375 g/mol. The fraction of sp³-hybridized carbons (Fsp3) is 0.938. The van der Waals surface area contributed by atoms with Crippen molar-refractivity contribution < 1.29 is 23.7 Å². The Morgan fingerprint density at radius 3 is 2.21 bits per heavy atom. The quantitative estimate of drug-likeness (QED) is 0.453. The average Bonchev–Trinajstić information content (AvgIpc) is 2.39. The van der Waals surface area contributed by atoms with Crippen molar-refractivity contribution in [2.24, 2.45) is 0 Å². The standard InChI is InChI=1S/C16H34NO5P.Na.H/c1-7-9-11-23(20,21-10-8-2)13-16(6,19)12-17-14(18)22-15(3,4)5;;/h19H,7-13H2,1-6H3,(H,17,18);;. The van der Waals surface area contributed by atoms with Gasteiger partial charge in [0.1, 0.15) is 5.60 Å². The molecular weight excluding hydrogens is 340 g/mol. The number of carbonyl (C=O) groups is 1. The van der Waals surface area contributed by atoms with Crippen molar-refractivity contribution >= 4 is 43.0 Å². The van der Waals surface area contributed by atoms with Crippen LogP contribution < -0.4 is 5.32 Å². The summed E-state index contributed by atoms with van der Waals surface area (Å²) in [7, 11) is -2.92. The van der Waals surface area contributed by atoms with Gasteiger partial charge in [0.15, 0.2) is 0 Å². The van der Waals surface area contributed by atoms with Gasteiger partial charge in [-0.3, -0.25) is 4.57 Å². The van der Waals surface area contributed by atoms with Crippen LogP contribution >= 0.6 is 7.37 Å². The zero-order valence-corrected chi connectivity index (χ0v) is 16.4. The number of hydrogen-bond acceptors (Lipinski definition) is 5. The monoisotopic (exact) mass is 375 g/mol. The predicted molar refractivity (Wildman–Crippen MR) is 101 cm³/mol. The van der Waals surface area contributed by atoms with Gasteiger partial charge in [0, 0.05) is 12.7 Å². The fourth-order valence-electron chi connectivity index (χ4n) is 2.00. The topological polar surface area (TPSA) is 84.9 Å². The number of carbonyl (C=O) groups excluding carboxylic acids is 1. The molecule has 0 radical (unpaired) electrons. The van der Waals surface area contributed by atoms with Crippen LogP contribution in [-0.2, 0) is 13.8 Å². The molecule has 6 nitrogen and oxygen atoms in total. The molecular formula is C16H35NNaO5P. The van der Waals surface area contributed by atoms with Crippen LogP contribution in [0.2, 0.25) is 0 Å². The van der Waals surface area contributed by atoms with Gasteiger partial charge >= 0.3 is 35.7 Å².